The van der Waals surface area contributed by atoms with Gasteiger partial charge in [-0.25, -0.2) is 14.2 Å². The van der Waals surface area contributed by atoms with Gasteiger partial charge in [-0.3, -0.25) is 10.1 Å². The Hall–Kier alpha value is -2.71. The van der Waals surface area contributed by atoms with Gasteiger partial charge in [-0.05, 0) is 37.5 Å². The lowest BCUT2D eigenvalue weighted by molar-refractivity contribution is -0.131. The number of rotatable bonds is 5. The lowest BCUT2D eigenvalue weighted by Crippen LogP contribution is -2.45. The number of carbonyl (C=O) groups is 2. The fraction of sp³-hybridized carbons (Fsp3) is 0.316. The Bertz CT molecular complexity index is 862. The predicted molar refractivity (Wildman–Crippen MR) is 101 cm³/mol. The fourth-order valence-corrected chi connectivity index (χ4v) is 2.92. The molecule has 28 heavy (non-hydrogen) atoms. The zero-order valence-electron chi connectivity index (χ0n) is 15.3. The van der Waals surface area contributed by atoms with Gasteiger partial charge in [0.2, 0.25) is 11.8 Å². The minimum atomic E-state index is -0.724. The number of anilines is 1. The van der Waals surface area contributed by atoms with Crippen molar-refractivity contribution in [2.45, 2.75) is 25.9 Å². The van der Waals surface area contributed by atoms with Crippen molar-refractivity contribution < 1.29 is 23.5 Å². The number of urea groups is 1. The normalized spacial score (nSPS) is 18.1. The number of ether oxygens (including phenoxy) is 2. The molecule has 1 aliphatic rings. The van der Waals surface area contributed by atoms with Gasteiger partial charge in [0, 0.05) is 37.0 Å². The topological polar surface area (TPSA) is 89.5 Å². The standard InChI is InChI=1S/C19H19ClFN3O4/c1-10-5-13(23-19(26)24-18(25)11-6-14(7-11)27-2)8-15(21)17(10)28-16-4-3-12(20)9-22-16/h3-5,8-9,11,14H,6-7H2,1-2H3,(H2,23,24,25,26). The van der Waals surface area contributed by atoms with Gasteiger partial charge in [-0.1, -0.05) is 11.6 Å². The average Bonchev–Trinajstić information content (AvgIpc) is 2.58. The molecular formula is C19H19ClFN3O4. The molecule has 3 amide bonds. The maximum Gasteiger partial charge on any atom is 0.325 e. The molecule has 1 saturated carbocycles. The average molecular weight is 408 g/mol. The molecule has 9 heteroatoms. The van der Waals surface area contributed by atoms with Crippen molar-refractivity contribution >= 4 is 29.2 Å². The number of methoxy groups -OCH3 is 1. The number of nitrogens with one attached hydrogen (secondary N) is 2. The van der Waals surface area contributed by atoms with E-state index in [4.69, 9.17) is 21.1 Å². The zero-order valence-corrected chi connectivity index (χ0v) is 16.0. The van der Waals surface area contributed by atoms with Gasteiger partial charge in [0.1, 0.15) is 0 Å². The quantitative estimate of drug-likeness (QED) is 0.780. The number of aryl methyl sites for hydroxylation is 1. The van der Waals surface area contributed by atoms with Crippen molar-refractivity contribution in [3.8, 4) is 11.6 Å². The number of nitrogens with zero attached hydrogens (tertiary/aromatic N) is 1. The number of carbonyl (C=O) groups excluding carboxylic acids is 2. The molecule has 0 saturated heterocycles. The van der Waals surface area contributed by atoms with Crippen LogP contribution < -0.4 is 15.4 Å². The first-order valence-electron chi connectivity index (χ1n) is 8.60. The van der Waals surface area contributed by atoms with Gasteiger partial charge in [-0.2, -0.15) is 0 Å². The van der Waals surface area contributed by atoms with Crippen LogP contribution in [0.25, 0.3) is 0 Å². The smallest absolute Gasteiger partial charge is 0.325 e. The first-order chi connectivity index (χ1) is 13.4. The Balaban J connectivity index is 1.61. The summed E-state index contributed by atoms with van der Waals surface area (Å²) in [7, 11) is 1.58. The van der Waals surface area contributed by atoms with Crippen LogP contribution in [0.2, 0.25) is 5.02 Å². The summed E-state index contributed by atoms with van der Waals surface area (Å²) in [6, 6.07) is 5.00. The highest BCUT2D eigenvalue weighted by atomic mass is 35.5. The van der Waals surface area contributed by atoms with Crippen molar-refractivity contribution in [3.05, 3.63) is 46.9 Å². The highest BCUT2D eigenvalue weighted by Gasteiger charge is 2.35. The largest absolute Gasteiger partial charge is 0.436 e. The van der Waals surface area contributed by atoms with Crippen molar-refractivity contribution in [3.63, 3.8) is 0 Å². The van der Waals surface area contributed by atoms with Gasteiger partial charge in [0.25, 0.3) is 0 Å². The summed E-state index contributed by atoms with van der Waals surface area (Å²) in [5.74, 6) is -1.14. The van der Waals surface area contributed by atoms with Crippen LogP contribution in [-0.4, -0.2) is 30.1 Å². The molecule has 148 valence electrons. The molecular weight excluding hydrogens is 389 g/mol. The van der Waals surface area contributed by atoms with Crippen LogP contribution >= 0.6 is 11.6 Å². The Morgan fingerprint density at radius 2 is 2.04 bits per heavy atom. The zero-order chi connectivity index (χ0) is 20.3. The number of benzene rings is 1. The monoisotopic (exact) mass is 407 g/mol. The molecule has 1 aromatic heterocycles. The van der Waals surface area contributed by atoms with Gasteiger partial charge < -0.3 is 14.8 Å². The Morgan fingerprint density at radius 3 is 2.64 bits per heavy atom. The summed E-state index contributed by atoms with van der Waals surface area (Å²) < 4.78 is 25.0. The third-order valence-electron chi connectivity index (χ3n) is 4.43. The molecule has 2 aromatic rings. The van der Waals surface area contributed by atoms with Crippen LogP contribution in [0.3, 0.4) is 0 Å². The number of hydrogen-bond donors (Lipinski definition) is 2. The molecule has 0 radical (unpaired) electrons. The molecule has 0 aliphatic heterocycles. The van der Waals surface area contributed by atoms with E-state index >= 15 is 0 Å². The summed E-state index contributed by atoms with van der Waals surface area (Å²) in [5, 5.41) is 5.14. The lowest BCUT2D eigenvalue weighted by atomic mass is 9.81. The summed E-state index contributed by atoms with van der Waals surface area (Å²) in [5.41, 5.74) is 0.639. The summed E-state index contributed by atoms with van der Waals surface area (Å²) in [6.45, 7) is 1.63. The van der Waals surface area contributed by atoms with Crippen molar-refractivity contribution in [2.24, 2.45) is 5.92 Å². The molecule has 0 atom stereocenters. The SMILES string of the molecule is COC1CC(C(=O)NC(=O)Nc2cc(C)c(Oc3ccc(Cl)cn3)c(F)c2)C1. The van der Waals surface area contributed by atoms with Crippen LogP contribution in [0.15, 0.2) is 30.5 Å². The summed E-state index contributed by atoms with van der Waals surface area (Å²) >= 11 is 5.76. The minimum Gasteiger partial charge on any atom is -0.436 e. The summed E-state index contributed by atoms with van der Waals surface area (Å²) in [6.07, 6.45) is 2.60. The third-order valence-corrected chi connectivity index (χ3v) is 4.65. The molecule has 7 nitrogen and oxygen atoms in total. The van der Waals surface area contributed by atoms with Crippen molar-refractivity contribution in [1.82, 2.24) is 10.3 Å². The second-order valence-electron chi connectivity index (χ2n) is 6.49. The van der Waals surface area contributed by atoms with E-state index < -0.39 is 11.8 Å². The van der Waals surface area contributed by atoms with E-state index in [1.807, 2.05) is 0 Å². The third kappa shape index (κ3) is 4.76. The van der Waals surface area contributed by atoms with Gasteiger partial charge >= 0.3 is 6.03 Å². The van der Waals surface area contributed by atoms with Crippen molar-refractivity contribution in [2.75, 3.05) is 12.4 Å². The van der Waals surface area contributed by atoms with Crippen LogP contribution in [-0.2, 0) is 9.53 Å². The van der Waals surface area contributed by atoms with Crippen LogP contribution in [0, 0.1) is 18.7 Å². The maximum atomic E-state index is 14.4. The van der Waals surface area contributed by atoms with Crippen LogP contribution in [0.4, 0.5) is 14.9 Å². The molecule has 1 fully saturated rings. The molecule has 2 N–H and O–H groups in total. The molecule has 0 unspecified atom stereocenters. The van der Waals surface area contributed by atoms with Crippen LogP contribution in [0.1, 0.15) is 18.4 Å². The highest BCUT2D eigenvalue weighted by Crippen LogP contribution is 2.31. The first-order valence-corrected chi connectivity index (χ1v) is 8.97. The Labute approximate surface area is 166 Å². The highest BCUT2D eigenvalue weighted by molar-refractivity contribution is 6.30. The minimum absolute atomic E-state index is 0.0167. The van der Waals surface area contributed by atoms with Crippen molar-refractivity contribution in [1.29, 1.82) is 0 Å². The fourth-order valence-electron chi connectivity index (χ4n) is 2.81. The number of aromatic nitrogens is 1. The Kier molecular flexibility index (Phi) is 6.11. The predicted octanol–water partition coefficient (Wildman–Crippen LogP) is 4.05. The van der Waals surface area contributed by atoms with E-state index in [-0.39, 0.29) is 35.2 Å². The maximum absolute atomic E-state index is 14.4. The second kappa shape index (κ2) is 8.53. The molecule has 1 aromatic carbocycles. The van der Waals surface area contributed by atoms with E-state index in [9.17, 15) is 14.0 Å². The number of halogens is 2. The van der Waals surface area contributed by atoms with E-state index in [0.29, 0.717) is 23.4 Å². The number of amides is 3. The van der Waals surface area contributed by atoms with Gasteiger partial charge in [0.15, 0.2) is 11.6 Å². The van der Waals surface area contributed by atoms with Gasteiger partial charge in [-0.15, -0.1) is 0 Å². The first kappa shape index (κ1) is 20.0. The van der Waals surface area contributed by atoms with Crippen LogP contribution in [0.5, 0.6) is 11.6 Å². The molecule has 1 heterocycles. The molecule has 3 rings (SSSR count). The number of hydrogen-bond acceptors (Lipinski definition) is 5. The second-order valence-corrected chi connectivity index (χ2v) is 6.93. The van der Waals surface area contributed by atoms with E-state index in [2.05, 4.69) is 15.6 Å². The number of imide groups is 1. The molecule has 0 bridgehead atoms. The van der Waals surface area contributed by atoms with E-state index in [0.717, 1.165) is 6.07 Å². The van der Waals surface area contributed by atoms with E-state index in [1.165, 1.54) is 18.3 Å². The molecule has 0 spiro atoms. The number of pyridine rings is 1. The Morgan fingerprint density at radius 1 is 1.29 bits per heavy atom. The van der Waals surface area contributed by atoms with Gasteiger partial charge in [0.05, 0.1) is 11.1 Å². The lowest BCUT2D eigenvalue weighted by Gasteiger charge is -2.32. The summed E-state index contributed by atoms with van der Waals surface area (Å²) in [4.78, 5) is 27.9. The molecule has 1 aliphatic carbocycles. The van der Waals surface area contributed by atoms with E-state index in [1.54, 1.807) is 20.1 Å².